The van der Waals surface area contributed by atoms with E-state index in [0.29, 0.717) is 12.4 Å². The van der Waals surface area contributed by atoms with Crippen molar-refractivity contribution in [3.8, 4) is 0 Å². The number of carboxylic acid groups (broad SMARTS) is 1. The van der Waals surface area contributed by atoms with Gasteiger partial charge in [-0.25, -0.2) is 0 Å². The maximum Gasteiger partial charge on any atom is 0.304 e. The first-order valence-corrected chi connectivity index (χ1v) is 6.05. The van der Waals surface area contributed by atoms with Gasteiger partial charge in [0.15, 0.2) is 0 Å². The van der Waals surface area contributed by atoms with Crippen LogP contribution in [0.3, 0.4) is 0 Å². The van der Waals surface area contributed by atoms with Crippen LogP contribution in [0.2, 0.25) is 0 Å². The monoisotopic (exact) mass is 269 g/mol. The van der Waals surface area contributed by atoms with Gasteiger partial charge in [0, 0.05) is 12.6 Å². The summed E-state index contributed by atoms with van der Waals surface area (Å²) in [4.78, 5) is 23.7. The fourth-order valence-corrected chi connectivity index (χ4v) is 1.41. The molecule has 0 radical (unpaired) electrons. The Morgan fingerprint density at radius 3 is 2.74 bits per heavy atom. The van der Waals surface area contributed by atoms with E-state index in [-0.39, 0.29) is 24.8 Å². The highest BCUT2D eigenvalue weighted by atomic mass is 16.5. The zero-order chi connectivity index (χ0) is 14.4. The Balaban J connectivity index is 2.39. The van der Waals surface area contributed by atoms with Crippen molar-refractivity contribution < 1.29 is 19.2 Å². The summed E-state index contributed by atoms with van der Waals surface area (Å²) in [7, 11) is 1.68. The van der Waals surface area contributed by atoms with E-state index in [4.69, 9.17) is 9.63 Å². The number of nitrogens with zero attached hydrogens (tertiary/aromatic N) is 2. The normalized spacial score (nSPS) is 11.0. The third-order valence-electron chi connectivity index (χ3n) is 2.50. The maximum absolute atomic E-state index is 11.7. The minimum atomic E-state index is -0.885. The first-order chi connectivity index (χ1) is 8.88. The predicted octanol–water partition coefficient (Wildman–Crippen LogP) is 1.14. The molecule has 0 atom stereocenters. The van der Waals surface area contributed by atoms with Gasteiger partial charge in [-0.15, -0.1) is 0 Å². The van der Waals surface area contributed by atoms with Crippen molar-refractivity contribution in [2.45, 2.75) is 26.2 Å². The molecule has 1 aromatic rings. The van der Waals surface area contributed by atoms with Crippen molar-refractivity contribution in [1.29, 1.82) is 0 Å². The molecule has 0 spiro atoms. The average Bonchev–Trinajstić information content (AvgIpc) is 2.74. The standard InChI is InChI=1S/C12H19N3O4/c1-8(2)9-6-11(19-14-9)13-10(16)7-15(3)5-4-12(17)18/h6,8H,4-5,7H2,1-3H3,(H,13,16)(H,17,18). The number of hydrogen-bond acceptors (Lipinski definition) is 5. The summed E-state index contributed by atoms with van der Waals surface area (Å²) in [6, 6.07) is 1.68. The molecule has 0 aliphatic rings. The molecule has 106 valence electrons. The van der Waals surface area contributed by atoms with Gasteiger partial charge < -0.3 is 9.63 Å². The molecule has 7 nitrogen and oxygen atoms in total. The van der Waals surface area contributed by atoms with Gasteiger partial charge in [0.2, 0.25) is 11.8 Å². The van der Waals surface area contributed by atoms with Crippen LogP contribution in [-0.2, 0) is 9.59 Å². The number of hydrogen-bond donors (Lipinski definition) is 2. The summed E-state index contributed by atoms with van der Waals surface area (Å²) in [5.41, 5.74) is 0.773. The lowest BCUT2D eigenvalue weighted by atomic mass is 10.1. The van der Waals surface area contributed by atoms with Crippen LogP contribution in [0, 0.1) is 0 Å². The number of likely N-dealkylation sites (N-methyl/N-ethyl adjacent to an activating group) is 1. The number of aromatic nitrogens is 1. The lowest BCUT2D eigenvalue weighted by molar-refractivity contribution is -0.137. The second kappa shape index (κ2) is 6.89. The molecule has 0 saturated heterocycles. The minimum absolute atomic E-state index is 0.00356. The number of carbonyl (C=O) groups excluding carboxylic acids is 1. The number of carboxylic acids is 1. The summed E-state index contributed by atoms with van der Waals surface area (Å²) in [5.74, 6) is -0.614. The Bertz CT molecular complexity index is 442. The van der Waals surface area contributed by atoms with E-state index in [1.165, 1.54) is 0 Å². The predicted molar refractivity (Wildman–Crippen MR) is 69.0 cm³/mol. The molecule has 0 bridgehead atoms. The SMILES string of the molecule is CC(C)c1cc(NC(=O)CN(C)CCC(=O)O)on1. The molecule has 0 aromatic carbocycles. The minimum Gasteiger partial charge on any atom is -0.481 e. The van der Waals surface area contributed by atoms with Crippen LogP contribution in [0.25, 0.3) is 0 Å². The van der Waals surface area contributed by atoms with E-state index >= 15 is 0 Å². The largest absolute Gasteiger partial charge is 0.481 e. The Kier molecular flexibility index (Phi) is 5.50. The molecule has 1 rings (SSSR count). The molecule has 1 aromatic heterocycles. The Labute approximate surface area is 111 Å². The van der Waals surface area contributed by atoms with Gasteiger partial charge in [0.25, 0.3) is 0 Å². The number of amides is 1. The summed E-state index contributed by atoms with van der Waals surface area (Å²) in [5, 5.41) is 14.9. The Hall–Kier alpha value is -1.89. The summed E-state index contributed by atoms with van der Waals surface area (Å²) in [6.07, 6.45) is 0.00356. The third-order valence-corrected chi connectivity index (χ3v) is 2.50. The van der Waals surface area contributed by atoms with Gasteiger partial charge in [-0.2, -0.15) is 0 Å². The van der Waals surface area contributed by atoms with E-state index in [2.05, 4.69) is 10.5 Å². The number of carbonyl (C=O) groups is 2. The van der Waals surface area contributed by atoms with Gasteiger partial charge in [-0.1, -0.05) is 19.0 Å². The van der Waals surface area contributed by atoms with Crippen molar-refractivity contribution in [2.75, 3.05) is 25.5 Å². The fraction of sp³-hybridized carbons (Fsp3) is 0.583. The molecule has 0 aliphatic heterocycles. The zero-order valence-electron chi connectivity index (χ0n) is 11.3. The highest BCUT2D eigenvalue weighted by Gasteiger charge is 2.12. The van der Waals surface area contributed by atoms with E-state index in [1.54, 1.807) is 18.0 Å². The van der Waals surface area contributed by atoms with Gasteiger partial charge in [-0.3, -0.25) is 19.8 Å². The van der Waals surface area contributed by atoms with Crippen LogP contribution >= 0.6 is 0 Å². The van der Waals surface area contributed by atoms with Crippen LogP contribution in [0.15, 0.2) is 10.6 Å². The smallest absolute Gasteiger partial charge is 0.304 e. The highest BCUT2D eigenvalue weighted by molar-refractivity contribution is 5.90. The van der Waals surface area contributed by atoms with Crippen molar-refractivity contribution in [1.82, 2.24) is 10.1 Å². The lowest BCUT2D eigenvalue weighted by Gasteiger charge is -2.13. The topological polar surface area (TPSA) is 95.7 Å². The second-order valence-corrected chi connectivity index (χ2v) is 4.70. The molecule has 0 fully saturated rings. The molecule has 1 heterocycles. The average molecular weight is 269 g/mol. The molecule has 1 amide bonds. The van der Waals surface area contributed by atoms with Crippen LogP contribution in [0.4, 0.5) is 5.88 Å². The van der Waals surface area contributed by atoms with E-state index in [0.717, 1.165) is 5.69 Å². The maximum atomic E-state index is 11.7. The van der Waals surface area contributed by atoms with Gasteiger partial charge in [0.1, 0.15) is 0 Å². The number of anilines is 1. The molecule has 0 saturated carbocycles. The van der Waals surface area contributed by atoms with Crippen molar-refractivity contribution in [2.24, 2.45) is 0 Å². The summed E-state index contributed by atoms with van der Waals surface area (Å²) >= 11 is 0. The highest BCUT2D eigenvalue weighted by Crippen LogP contribution is 2.17. The summed E-state index contributed by atoms with van der Waals surface area (Å²) < 4.78 is 4.98. The van der Waals surface area contributed by atoms with Gasteiger partial charge in [-0.05, 0) is 13.0 Å². The molecular formula is C12H19N3O4. The van der Waals surface area contributed by atoms with Crippen LogP contribution in [0.5, 0.6) is 0 Å². The second-order valence-electron chi connectivity index (χ2n) is 4.70. The van der Waals surface area contributed by atoms with E-state index in [1.807, 2.05) is 13.8 Å². The molecule has 0 aliphatic carbocycles. The summed E-state index contributed by atoms with van der Waals surface area (Å²) in [6.45, 7) is 4.37. The molecule has 0 unspecified atom stereocenters. The van der Waals surface area contributed by atoms with Crippen LogP contribution in [-0.4, -0.2) is 47.2 Å². The van der Waals surface area contributed by atoms with Crippen molar-refractivity contribution in [3.63, 3.8) is 0 Å². The van der Waals surface area contributed by atoms with Crippen molar-refractivity contribution in [3.05, 3.63) is 11.8 Å². The molecule has 2 N–H and O–H groups in total. The quantitative estimate of drug-likeness (QED) is 0.770. The third kappa shape index (κ3) is 5.52. The lowest BCUT2D eigenvalue weighted by Crippen LogP contribution is -2.31. The first-order valence-electron chi connectivity index (χ1n) is 6.05. The van der Waals surface area contributed by atoms with Crippen LogP contribution < -0.4 is 5.32 Å². The Morgan fingerprint density at radius 2 is 2.21 bits per heavy atom. The molecule has 7 heteroatoms. The number of nitrogens with one attached hydrogen (secondary N) is 1. The first kappa shape index (κ1) is 15.2. The molecular weight excluding hydrogens is 250 g/mol. The zero-order valence-corrected chi connectivity index (χ0v) is 11.3. The Morgan fingerprint density at radius 1 is 1.53 bits per heavy atom. The number of aliphatic carboxylic acids is 1. The van der Waals surface area contributed by atoms with E-state index < -0.39 is 5.97 Å². The van der Waals surface area contributed by atoms with E-state index in [9.17, 15) is 9.59 Å². The molecule has 19 heavy (non-hydrogen) atoms. The fourth-order valence-electron chi connectivity index (χ4n) is 1.41. The number of rotatable bonds is 7. The van der Waals surface area contributed by atoms with Gasteiger partial charge >= 0.3 is 5.97 Å². The van der Waals surface area contributed by atoms with Crippen LogP contribution in [0.1, 0.15) is 31.9 Å². The van der Waals surface area contributed by atoms with Crippen molar-refractivity contribution >= 4 is 17.8 Å². The van der Waals surface area contributed by atoms with Gasteiger partial charge in [0.05, 0.1) is 18.7 Å².